The molecule has 2 aromatic rings. The van der Waals surface area contributed by atoms with E-state index in [1.54, 1.807) is 7.05 Å². The van der Waals surface area contributed by atoms with Crippen molar-refractivity contribution in [2.24, 2.45) is 0 Å². The zero-order chi connectivity index (χ0) is 14.9. The number of hydrogen-bond donors (Lipinski definition) is 1. The Kier molecular flexibility index (Phi) is 4.14. The number of rotatable bonds is 3. The van der Waals surface area contributed by atoms with Crippen molar-refractivity contribution in [2.45, 2.75) is 19.9 Å². The van der Waals surface area contributed by atoms with Crippen LogP contribution in [0.4, 0.5) is 13.2 Å². The Morgan fingerprint density at radius 3 is 2.15 bits per heavy atom. The Labute approximate surface area is 116 Å². The number of benzene rings is 2. The minimum atomic E-state index is -1.18. The fraction of sp³-hybridized carbons (Fsp3) is 0.250. The van der Waals surface area contributed by atoms with E-state index in [0.717, 1.165) is 22.8 Å². The zero-order valence-corrected chi connectivity index (χ0v) is 11.6. The molecule has 0 amide bonds. The summed E-state index contributed by atoms with van der Waals surface area (Å²) in [4.78, 5) is 0. The quantitative estimate of drug-likeness (QED) is 0.836. The van der Waals surface area contributed by atoms with Gasteiger partial charge in [-0.05, 0) is 38.1 Å². The van der Waals surface area contributed by atoms with E-state index >= 15 is 0 Å². The molecule has 0 aliphatic heterocycles. The van der Waals surface area contributed by atoms with Crippen LogP contribution in [0, 0.1) is 31.3 Å². The van der Waals surface area contributed by atoms with E-state index in [1.165, 1.54) is 0 Å². The summed E-state index contributed by atoms with van der Waals surface area (Å²) in [5.41, 5.74) is 2.92. The Balaban J connectivity index is 2.58. The first-order valence-electron chi connectivity index (χ1n) is 6.33. The summed E-state index contributed by atoms with van der Waals surface area (Å²) in [6.45, 7) is 3.83. The molecule has 1 N–H and O–H groups in total. The van der Waals surface area contributed by atoms with E-state index < -0.39 is 23.5 Å². The molecule has 0 fully saturated rings. The molecule has 0 saturated heterocycles. The molecule has 0 heterocycles. The Morgan fingerprint density at radius 1 is 0.850 bits per heavy atom. The Bertz CT molecular complexity index is 638. The van der Waals surface area contributed by atoms with Crippen molar-refractivity contribution in [2.75, 3.05) is 7.05 Å². The summed E-state index contributed by atoms with van der Waals surface area (Å²) in [7, 11) is 1.66. The molecular formula is C16H16F3N. The maximum absolute atomic E-state index is 13.9. The van der Waals surface area contributed by atoms with Gasteiger partial charge in [0.1, 0.15) is 5.82 Å². The first kappa shape index (κ1) is 14.6. The first-order chi connectivity index (χ1) is 9.43. The predicted molar refractivity (Wildman–Crippen MR) is 73.1 cm³/mol. The summed E-state index contributed by atoms with van der Waals surface area (Å²) in [5.74, 6) is -2.99. The van der Waals surface area contributed by atoms with Gasteiger partial charge in [-0.1, -0.05) is 23.8 Å². The third-order valence-electron chi connectivity index (χ3n) is 3.39. The molecule has 0 aliphatic carbocycles. The monoisotopic (exact) mass is 279 g/mol. The van der Waals surface area contributed by atoms with Crippen LogP contribution in [0.2, 0.25) is 0 Å². The van der Waals surface area contributed by atoms with Crippen molar-refractivity contribution < 1.29 is 13.2 Å². The normalized spacial score (nSPS) is 12.5. The highest BCUT2D eigenvalue weighted by molar-refractivity contribution is 5.39. The molecule has 1 nitrogen and oxygen atoms in total. The van der Waals surface area contributed by atoms with E-state index in [4.69, 9.17) is 0 Å². The first-order valence-corrected chi connectivity index (χ1v) is 6.33. The van der Waals surface area contributed by atoms with E-state index in [2.05, 4.69) is 5.32 Å². The lowest BCUT2D eigenvalue weighted by Crippen LogP contribution is -2.20. The van der Waals surface area contributed by atoms with Crippen LogP contribution >= 0.6 is 0 Å². The van der Waals surface area contributed by atoms with Gasteiger partial charge >= 0.3 is 0 Å². The van der Waals surface area contributed by atoms with Crippen LogP contribution in [0.15, 0.2) is 30.3 Å². The van der Waals surface area contributed by atoms with Crippen LogP contribution in [-0.2, 0) is 0 Å². The fourth-order valence-electron chi connectivity index (χ4n) is 2.31. The van der Waals surface area contributed by atoms with Crippen LogP contribution < -0.4 is 5.32 Å². The van der Waals surface area contributed by atoms with Gasteiger partial charge in [-0.15, -0.1) is 0 Å². The van der Waals surface area contributed by atoms with Crippen LogP contribution in [-0.4, -0.2) is 7.05 Å². The molecule has 0 aliphatic rings. The van der Waals surface area contributed by atoms with Crippen molar-refractivity contribution >= 4 is 0 Å². The standard InChI is InChI=1S/C16H16F3N/c1-9-4-5-10(2)11(6-9)16(20-3)12-7-14(18)15(19)8-13(12)17/h4-8,16,20H,1-3H3. The lowest BCUT2D eigenvalue weighted by Gasteiger charge is -2.20. The molecule has 0 saturated carbocycles. The summed E-state index contributed by atoms with van der Waals surface area (Å²) in [6.07, 6.45) is 0. The van der Waals surface area contributed by atoms with Crippen molar-refractivity contribution in [3.8, 4) is 0 Å². The van der Waals surface area contributed by atoms with Gasteiger partial charge < -0.3 is 5.32 Å². The molecule has 0 radical (unpaired) electrons. The molecule has 20 heavy (non-hydrogen) atoms. The van der Waals surface area contributed by atoms with Gasteiger partial charge in [0, 0.05) is 11.6 Å². The Hall–Kier alpha value is -1.81. The Morgan fingerprint density at radius 2 is 1.50 bits per heavy atom. The van der Waals surface area contributed by atoms with Gasteiger partial charge in [-0.2, -0.15) is 0 Å². The predicted octanol–water partition coefficient (Wildman–Crippen LogP) is 4.03. The fourth-order valence-corrected chi connectivity index (χ4v) is 2.31. The average Bonchev–Trinajstić information content (AvgIpc) is 2.40. The second kappa shape index (κ2) is 5.67. The molecule has 0 bridgehead atoms. The van der Waals surface area contributed by atoms with Gasteiger partial charge in [0.15, 0.2) is 11.6 Å². The van der Waals surface area contributed by atoms with Crippen molar-refractivity contribution in [1.82, 2.24) is 5.32 Å². The smallest absolute Gasteiger partial charge is 0.161 e. The lowest BCUT2D eigenvalue weighted by atomic mass is 9.93. The van der Waals surface area contributed by atoms with Gasteiger partial charge in [0.25, 0.3) is 0 Å². The maximum atomic E-state index is 13.9. The molecule has 4 heteroatoms. The third kappa shape index (κ3) is 2.70. The van der Waals surface area contributed by atoms with Gasteiger partial charge in [0.05, 0.1) is 6.04 Å². The number of nitrogens with one attached hydrogen (secondary N) is 1. The minimum absolute atomic E-state index is 0.0973. The largest absolute Gasteiger partial charge is 0.309 e. The summed E-state index contributed by atoms with van der Waals surface area (Å²) in [5, 5.41) is 2.96. The molecule has 0 spiro atoms. The van der Waals surface area contributed by atoms with Crippen LogP contribution in [0.3, 0.4) is 0 Å². The van der Waals surface area contributed by atoms with Gasteiger partial charge in [0.2, 0.25) is 0 Å². The lowest BCUT2D eigenvalue weighted by molar-refractivity contribution is 0.483. The molecule has 1 unspecified atom stereocenters. The summed E-state index contributed by atoms with van der Waals surface area (Å²) < 4.78 is 40.4. The van der Waals surface area contributed by atoms with Gasteiger partial charge in [-0.25, -0.2) is 13.2 Å². The highest BCUT2D eigenvalue weighted by Gasteiger charge is 2.20. The van der Waals surface area contributed by atoms with Crippen LogP contribution in [0.1, 0.15) is 28.3 Å². The van der Waals surface area contributed by atoms with Crippen molar-refractivity contribution in [3.05, 3.63) is 70.0 Å². The second-order valence-corrected chi connectivity index (χ2v) is 4.87. The highest BCUT2D eigenvalue weighted by Crippen LogP contribution is 2.28. The van der Waals surface area contributed by atoms with E-state index in [-0.39, 0.29) is 5.56 Å². The van der Waals surface area contributed by atoms with E-state index in [9.17, 15) is 13.2 Å². The van der Waals surface area contributed by atoms with E-state index in [0.29, 0.717) is 6.07 Å². The summed E-state index contributed by atoms with van der Waals surface area (Å²) in [6, 6.07) is 6.76. The number of aryl methyl sites for hydroxylation is 2. The van der Waals surface area contributed by atoms with Crippen molar-refractivity contribution in [3.63, 3.8) is 0 Å². The van der Waals surface area contributed by atoms with Crippen LogP contribution in [0.5, 0.6) is 0 Å². The molecule has 2 rings (SSSR count). The van der Waals surface area contributed by atoms with Crippen LogP contribution in [0.25, 0.3) is 0 Å². The highest BCUT2D eigenvalue weighted by atomic mass is 19.2. The minimum Gasteiger partial charge on any atom is -0.309 e. The average molecular weight is 279 g/mol. The number of hydrogen-bond acceptors (Lipinski definition) is 1. The molecular weight excluding hydrogens is 263 g/mol. The third-order valence-corrected chi connectivity index (χ3v) is 3.39. The van der Waals surface area contributed by atoms with Crippen molar-refractivity contribution in [1.29, 1.82) is 0 Å². The maximum Gasteiger partial charge on any atom is 0.161 e. The van der Waals surface area contributed by atoms with Gasteiger partial charge in [-0.3, -0.25) is 0 Å². The molecule has 2 aromatic carbocycles. The second-order valence-electron chi connectivity index (χ2n) is 4.87. The SMILES string of the molecule is CNC(c1cc(C)ccc1C)c1cc(F)c(F)cc1F. The number of halogens is 3. The molecule has 106 valence electrons. The topological polar surface area (TPSA) is 12.0 Å². The van der Waals surface area contributed by atoms with E-state index in [1.807, 2.05) is 32.0 Å². The zero-order valence-electron chi connectivity index (χ0n) is 11.6. The summed E-state index contributed by atoms with van der Waals surface area (Å²) >= 11 is 0. The molecule has 1 atom stereocenters. The molecule has 0 aromatic heterocycles.